The molecule has 0 aliphatic carbocycles. The maximum atomic E-state index is 10.7. The molecule has 6 heteroatoms. The number of carboxylic acids is 1. The molecule has 5 nitrogen and oxygen atoms in total. The van der Waals surface area contributed by atoms with Crippen LogP contribution in [0, 0.1) is 0 Å². The third-order valence-corrected chi connectivity index (χ3v) is 3.01. The standard InChI is InChI=1S/C8H9BrN2O3/c9-7-6(8(12)13)3-10-11(7)5-1-2-14-4-5/h3,5H,1-2,4H2,(H,12,13). The molecule has 0 spiro atoms. The lowest BCUT2D eigenvalue weighted by Crippen LogP contribution is -2.11. The summed E-state index contributed by atoms with van der Waals surface area (Å²) in [7, 11) is 0. The van der Waals surface area contributed by atoms with E-state index in [1.165, 1.54) is 6.20 Å². The number of carboxylic acid groups (broad SMARTS) is 1. The van der Waals surface area contributed by atoms with Crippen LogP contribution in [0.25, 0.3) is 0 Å². The van der Waals surface area contributed by atoms with E-state index in [-0.39, 0.29) is 11.6 Å². The van der Waals surface area contributed by atoms with E-state index in [1.54, 1.807) is 4.68 Å². The van der Waals surface area contributed by atoms with Crippen LogP contribution in [0.3, 0.4) is 0 Å². The minimum Gasteiger partial charge on any atom is -0.478 e. The first-order valence-corrected chi connectivity index (χ1v) is 5.03. The number of ether oxygens (including phenoxy) is 1. The number of carbonyl (C=O) groups is 1. The van der Waals surface area contributed by atoms with E-state index in [2.05, 4.69) is 21.0 Å². The van der Waals surface area contributed by atoms with E-state index < -0.39 is 5.97 Å². The van der Waals surface area contributed by atoms with E-state index >= 15 is 0 Å². The van der Waals surface area contributed by atoms with Crippen molar-refractivity contribution in [1.29, 1.82) is 0 Å². The summed E-state index contributed by atoms with van der Waals surface area (Å²) >= 11 is 3.23. The normalized spacial score (nSPS) is 21.4. The maximum Gasteiger partial charge on any atom is 0.340 e. The molecule has 0 saturated carbocycles. The van der Waals surface area contributed by atoms with E-state index in [4.69, 9.17) is 9.84 Å². The maximum absolute atomic E-state index is 10.7. The summed E-state index contributed by atoms with van der Waals surface area (Å²) in [4.78, 5) is 10.7. The van der Waals surface area contributed by atoms with Gasteiger partial charge in [0.1, 0.15) is 10.2 Å². The third-order valence-electron chi connectivity index (χ3n) is 2.22. The fourth-order valence-electron chi connectivity index (χ4n) is 1.46. The van der Waals surface area contributed by atoms with Crippen LogP contribution < -0.4 is 0 Å². The molecule has 14 heavy (non-hydrogen) atoms. The number of hydrogen-bond acceptors (Lipinski definition) is 3. The highest BCUT2D eigenvalue weighted by Crippen LogP contribution is 2.25. The van der Waals surface area contributed by atoms with Crippen LogP contribution >= 0.6 is 15.9 Å². The molecule has 1 atom stereocenters. The molecule has 0 amide bonds. The lowest BCUT2D eigenvalue weighted by Gasteiger charge is -2.09. The number of nitrogens with zero attached hydrogens (tertiary/aromatic N) is 2. The Morgan fingerprint density at radius 3 is 3.07 bits per heavy atom. The summed E-state index contributed by atoms with van der Waals surface area (Å²) in [5.41, 5.74) is 0.192. The number of aromatic carboxylic acids is 1. The summed E-state index contributed by atoms with van der Waals surface area (Å²) in [6, 6.07) is 0.150. The van der Waals surface area contributed by atoms with Crippen molar-refractivity contribution in [2.45, 2.75) is 12.5 Å². The van der Waals surface area contributed by atoms with Crippen LogP contribution in [0.4, 0.5) is 0 Å². The van der Waals surface area contributed by atoms with Crippen LogP contribution in [0.5, 0.6) is 0 Å². The molecule has 1 aliphatic rings. The second kappa shape index (κ2) is 3.70. The van der Waals surface area contributed by atoms with Gasteiger partial charge in [-0.25, -0.2) is 4.79 Å². The summed E-state index contributed by atoms with van der Waals surface area (Å²) in [6.45, 7) is 1.30. The quantitative estimate of drug-likeness (QED) is 0.871. The first-order chi connectivity index (χ1) is 6.70. The SMILES string of the molecule is O=C(O)c1cnn(C2CCOC2)c1Br. The van der Waals surface area contributed by atoms with Crippen LogP contribution in [0.15, 0.2) is 10.8 Å². The van der Waals surface area contributed by atoms with E-state index in [0.29, 0.717) is 17.8 Å². The van der Waals surface area contributed by atoms with Gasteiger partial charge in [0.2, 0.25) is 0 Å². The predicted molar refractivity (Wildman–Crippen MR) is 51.4 cm³/mol. The lowest BCUT2D eigenvalue weighted by molar-refractivity contribution is 0.0695. The van der Waals surface area contributed by atoms with Crippen molar-refractivity contribution >= 4 is 21.9 Å². The van der Waals surface area contributed by atoms with Gasteiger partial charge >= 0.3 is 5.97 Å². The molecular weight excluding hydrogens is 252 g/mol. The van der Waals surface area contributed by atoms with Gasteiger partial charge in [0, 0.05) is 6.61 Å². The largest absolute Gasteiger partial charge is 0.478 e. The summed E-state index contributed by atoms with van der Waals surface area (Å²) in [6.07, 6.45) is 2.23. The topological polar surface area (TPSA) is 64.3 Å². The van der Waals surface area contributed by atoms with E-state index in [0.717, 1.165) is 6.42 Å². The van der Waals surface area contributed by atoms with Gasteiger partial charge in [0.25, 0.3) is 0 Å². The van der Waals surface area contributed by atoms with Crippen molar-refractivity contribution in [3.05, 3.63) is 16.4 Å². The number of hydrogen-bond donors (Lipinski definition) is 1. The third kappa shape index (κ3) is 1.55. The van der Waals surface area contributed by atoms with E-state index in [9.17, 15) is 4.79 Å². The number of aromatic nitrogens is 2. The van der Waals surface area contributed by atoms with Crippen LogP contribution in [0.2, 0.25) is 0 Å². The monoisotopic (exact) mass is 260 g/mol. The first kappa shape index (κ1) is 9.67. The van der Waals surface area contributed by atoms with Crippen molar-refractivity contribution in [3.63, 3.8) is 0 Å². The van der Waals surface area contributed by atoms with Crippen LogP contribution in [-0.4, -0.2) is 34.1 Å². The molecule has 1 aromatic heterocycles. The zero-order chi connectivity index (χ0) is 10.1. The molecular formula is C8H9BrN2O3. The van der Waals surface area contributed by atoms with Crippen molar-refractivity contribution < 1.29 is 14.6 Å². The molecule has 1 aromatic rings. The second-order valence-corrected chi connectivity index (χ2v) is 3.87. The molecule has 1 aliphatic heterocycles. The number of rotatable bonds is 2. The highest BCUT2D eigenvalue weighted by atomic mass is 79.9. The Morgan fingerprint density at radius 2 is 2.57 bits per heavy atom. The average molecular weight is 261 g/mol. The second-order valence-electron chi connectivity index (χ2n) is 3.12. The fourth-order valence-corrected chi connectivity index (χ4v) is 2.11. The Balaban J connectivity index is 2.30. The predicted octanol–water partition coefficient (Wildman–Crippen LogP) is 1.31. The summed E-state index contributed by atoms with van der Waals surface area (Å²) < 4.78 is 7.38. The lowest BCUT2D eigenvalue weighted by atomic mass is 10.3. The van der Waals surface area contributed by atoms with Crippen molar-refractivity contribution in [2.75, 3.05) is 13.2 Å². The first-order valence-electron chi connectivity index (χ1n) is 4.24. The molecule has 1 fully saturated rings. The van der Waals surface area contributed by atoms with Gasteiger partial charge in [-0.05, 0) is 22.4 Å². The Hall–Kier alpha value is -0.880. The molecule has 2 heterocycles. The molecule has 76 valence electrons. The highest BCUT2D eigenvalue weighted by Gasteiger charge is 2.23. The van der Waals surface area contributed by atoms with Gasteiger partial charge in [-0.15, -0.1) is 0 Å². The highest BCUT2D eigenvalue weighted by molar-refractivity contribution is 9.10. The van der Waals surface area contributed by atoms with Gasteiger partial charge in [-0.3, -0.25) is 4.68 Å². The fraction of sp³-hybridized carbons (Fsp3) is 0.500. The van der Waals surface area contributed by atoms with Gasteiger partial charge in [-0.2, -0.15) is 5.10 Å². The van der Waals surface area contributed by atoms with Gasteiger partial charge in [0.15, 0.2) is 0 Å². The zero-order valence-corrected chi connectivity index (χ0v) is 8.90. The summed E-state index contributed by atoms with van der Waals surface area (Å²) in [5, 5.41) is 12.8. The van der Waals surface area contributed by atoms with Gasteiger partial charge < -0.3 is 9.84 Å². The Kier molecular flexibility index (Phi) is 2.56. The summed E-state index contributed by atoms with van der Waals surface area (Å²) in [5.74, 6) is -0.970. The molecule has 1 unspecified atom stereocenters. The average Bonchev–Trinajstić information content (AvgIpc) is 2.71. The van der Waals surface area contributed by atoms with Crippen LogP contribution in [-0.2, 0) is 4.74 Å². The van der Waals surface area contributed by atoms with Crippen molar-refractivity contribution in [2.24, 2.45) is 0 Å². The molecule has 0 aromatic carbocycles. The molecule has 1 saturated heterocycles. The number of halogens is 1. The Morgan fingerprint density at radius 1 is 1.79 bits per heavy atom. The zero-order valence-electron chi connectivity index (χ0n) is 7.31. The Bertz CT molecular complexity index is 357. The minimum atomic E-state index is -0.970. The molecule has 2 rings (SSSR count). The van der Waals surface area contributed by atoms with E-state index in [1.807, 2.05) is 0 Å². The van der Waals surface area contributed by atoms with Gasteiger partial charge in [0.05, 0.1) is 18.8 Å². The molecule has 1 N–H and O–H groups in total. The minimum absolute atomic E-state index is 0.150. The Labute approximate surface area is 88.8 Å². The smallest absolute Gasteiger partial charge is 0.340 e. The van der Waals surface area contributed by atoms with Crippen molar-refractivity contribution in [1.82, 2.24) is 9.78 Å². The molecule has 0 radical (unpaired) electrons. The van der Waals surface area contributed by atoms with Crippen molar-refractivity contribution in [3.8, 4) is 0 Å². The molecule has 0 bridgehead atoms. The van der Waals surface area contributed by atoms with Crippen LogP contribution in [0.1, 0.15) is 22.8 Å². The van der Waals surface area contributed by atoms with Gasteiger partial charge in [-0.1, -0.05) is 0 Å².